The van der Waals surface area contributed by atoms with Crippen molar-refractivity contribution in [2.45, 2.75) is 63.7 Å². The fourth-order valence-electron chi connectivity index (χ4n) is 2.99. The number of H-pyrrole nitrogens is 1. The monoisotopic (exact) mass is 513 g/mol. The number of thioether (sulfide) groups is 1. The Morgan fingerprint density at radius 2 is 1.63 bits per heavy atom. The van der Waals surface area contributed by atoms with E-state index in [2.05, 4.69) is 25.9 Å². The van der Waals surface area contributed by atoms with Crippen LogP contribution in [0, 0.1) is 5.92 Å². The first kappa shape index (κ1) is 29.9. The van der Waals surface area contributed by atoms with E-state index in [1.54, 1.807) is 13.8 Å². The zero-order valence-electron chi connectivity index (χ0n) is 20.1. The van der Waals surface area contributed by atoms with Crippen LogP contribution in [0.1, 0.15) is 38.8 Å². The van der Waals surface area contributed by atoms with Crippen LogP contribution in [0.15, 0.2) is 12.5 Å². The zero-order chi connectivity index (χ0) is 26.5. The van der Waals surface area contributed by atoms with E-state index in [0.717, 1.165) is 0 Å². The molecule has 4 atom stereocenters. The lowest BCUT2D eigenvalue weighted by Crippen LogP contribution is -2.58. The Kier molecular flexibility index (Phi) is 12.8. The third-order valence-corrected chi connectivity index (χ3v) is 5.81. The summed E-state index contributed by atoms with van der Waals surface area (Å²) in [5.41, 5.74) is 11.5. The number of imidazole rings is 1. The smallest absolute Gasteiger partial charge is 0.326 e. The molecule has 1 aromatic heterocycles. The maximum Gasteiger partial charge on any atom is 0.326 e. The number of aromatic nitrogens is 2. The summed E-state index contributed by atoms with van der Waals surface area (Å²) < 4.78 is 0. The third kappa shape index (κ3) is 10.8. The highest BCUT2D eigenvalue weighted by molar-refractivity contribution is 7.98. The van der Waals surface area contributed by atoms with Crippen LogP contribution >= 0.6 is 11.8 Å². The molecule has 0 fully saturated rings. The second-order valence-electron chi connectivity index (χ2n) is 8.36. The molecular weight excluding hydrogens is 478 g/mol. The number of nitrogens with zero attached hydrogens (tertiary/aromatic N) is 1. The van der Waals surface area contributed by atoms with Crippen molar-refractivity contribution in [1.82, 2.24) is 25.9 Å². The molecule has 1 rings (SSSR count). The predicted octanol–water partition coefficient (Wildman–Crippen LogP) is -1.51. The van der Waals surface area contributed by atoms with E-state index in [1.807, 2.05) is 6.26 Å². The Balaban J connectivity index is 3.05. The number of carbonyl (C=O) groups is 5. The van der Waals surface area contributed by atoms with Crippen LogP contribution in [0.5, 0.6) is 0 Å². The van der Waals surface area contributed by atoms with Crippen molar-refractivity contribution in [3.05, 3.63) is 18.2 Å². The van der Waals surface area contributed by atoms with Crippen molar-refractivity contribution >= 4 is 41.4 Å². The molecule has 13 nitrogen and oxygen atoms in total. The molecule has 1 heterocycles. The lowest BCUT2D eigenvalue weighted by Gasteiger charge is -2.25. The second kappa shape index (κ2) is 15.0. The second-order valence-corrected chi connectivity index (χ2v) is 9.34. The topological polar surface area (TPSA) is 222 Å². The summed E-state index contributed by atoms with van der Waals surface area (Å²) in [5.74, 6) is -3.54. The van der Waals surface area contributed by atoms with Crippen LogP contribution in [-0.4, -0.2) is 80.8 Å². The van der Waals surface area contributed by atoms with Gasteiger partial charge < -0.3 is 37.5 Å². The fraction of sp³-hybridized carbons (Fsp3) is 0.619. The van der Waals surface area contributed by atoms with Crippen molar-refractivity contribution in [2.75, 3.05) is 12.0 Å². The number of hydrogen-bond donors (Lipinski definition) is 7. The maximum atomic E-state index is 13.1. The summed E-state index contributed by atoms with van der Waals surface area (Å²) in [4.78, 5) is 67.8. The van der Waals surface area contributed by atoms with Gasteiger partial charge in [-0.1, -0.05) is 13.8 Å². The Morgan fingerprint density at radius 3 is 2.14 bits per heavy atom. The first-order chi connectivity index (χ1) is 16.5. The third-order valence-electron chi connectivity index (χ3n) is 5.17. The van der Waals surface area contributed by atoms with E-state index in [4.69, 9.17) is 11.5 Å². The van der Waals surface area contributed by atoms with Gasteiger partial charge in [0.15, 0.2) is 0 Å². The Morgan fingerprint density at radius 1 is 1.03 bits per heavy atom. The number of aromatic amines is 1. The average molecular weight is 514 g/mol. The minimum Gasteiger partial charge on any atom is -0.480 e. The molecule has 4 unspecified atom stereocenters. The highest BCUT2D eigenvalue weighted by Crippen LogP contribution is 2.07. The zero-order valence-corrected chi connectivity index (χ0v) is 20.9. The highest BCUT2D eigenvalue weighted by Gasteiger charge is 2.31. The van der Waals surface area contributed by atoms with E-state index in [9.17, 15) is 29.1 Å². The summed E-state index contributed by atoms with van der Waals surface area (Å²) >= 11 is 1.48. The maximum absolute atomic E-state index is 13.1. The molecule has 0 aromatic carbocycles. The largest absolute Gasteiger partial charge is 0.480 e. The van der Waals surface area contributed by atoms with Gasteiger partial charge in [-0.25, -0.2) is 9.78 Å². The number of aliphatic carboxylic acids is 1. The van der Waals surface area contributed by atoms with E-state index >= 15 is 0 Å². The van der Waals surface area contributed by atoms with Crippen LogP contribution in [0.3, 0.4) is 0 Å². The summed E-state index contributed by atoms with van der Waals surface area (Å²) in [5, 5.41) is 17.0. The van der Waals surface area contributed by atoms with Crippen LogP contribution in [0.2, 0.25) is 0 Å². The number of nitrogens with two attached hydrogens (primary N) is 2. The highest BCUT2D eigenvalue weighted by atomic mass is 32.2. The number of rotatable bonds is 16. The minimum absolute atomic E-state index is 0.0194. The van der Waals surface area contributed by atoms with Crippen LogP contribution in [-0.2, 0) is 30.4 Å². The van der Waals surface area contributed by atoms with Gasteiger partial charge in [0.1, 0.15) is 18.1 Å². The molecule has 0 spiro atoms. The summed E-state index contributed by atoms with van der Waals surface area (Å²) in [6.45, 7) is 3.56. The molecule has 35 heavy (non-hydrogen) atoms. The SMILES string of the molecule is CSCCC(NC(=O)C(N)C(C)C)C(=O)NC(Cc1cnc[nH]1)C(=O)NC(CCC(N)=O)C(=O)O. The predicted molar refractivity (Wildman–Crippen MR) is 130 cm³/mol. The van der Waals surface area contributed by atoms with Gasteiger partial charge in [-0.2, -0.15) is 11.8 Å². The van der Waals surface area contributed by atoms with E-state index in [0.29, 0.717) is 11.4 Å². The number of primary amides is 1. The first-order valence-electron chi connectivity index (χ1n) is 11.1. The molecule has 0 aliphatic carbocycles. The van der Waals surface area contributed by atoms with Gasteiger partial charge in [0.05, 0.1) is 12.4 Å². The standard InChI is InChI=1S/C21H35N7O6S/c1-11(2)17(23)20(32)26-13(6-7-35-3)18(30)28-15(8-12-9-24-10-25-12)19(31)27-14(21(33)34)4-5-16(22)29/h9-11,13-15,17H,4-8,23H2,1-3H3,(H2,22,29)(H,24,25)(H,26,32)(H,27,31)(H,28,30)(H,33,34). The molecule has 4 amide bonds. The molecule has 9 N–H and O–H groups in total. The lowest BCUT2D eigenvalue weighted by atomic mass is 10.0. The molecule has 0 aliphatic rings. The molecule has 196 valence electrons. The lowest BCUT2D eigenvalue weighted by molar-refractivity contribution is -0.142. The fourth-order valence-corrected chi connectivity index (χ4v) is 3.46. The average Bonchev–Trinajstić information content (AvgIpc) is 3.30. The normalized spacial score (nSPS) is 14.4. The number of carbonyl (C=O) groups excluding carboxylic acids is 4. The summed E-state index contributed by atoms with van der Waals surface area (Å²) in [7, 11) is 0. The van der Waals surface area contributed by atoms with Gasteiger partial charge in [0.25, 0.3) is 0 Å². The Labute approximate surface area is 207 Å². The van der Waals surface area contributed by atoms with Crippen molar-refractivity contribution in [1.29, 1.82) is 0 Å². The molecule has 0 aliphatic heterocycles. The Hall–Kier alpha value is -3.13. The molecule has 0 saturated heterocycles. The summed E-state index contributed by atoms with van der Waals surface area (Å²) in [6.07, 6.45) is 4.53. The van der Waals surface area contributed by atoms with E-state index in [-0.39, 0.29) is 31.6 Å². The van der Waals surface area contributed by atoms with E-state index in [1.165, 1.54) is 24.3 Å². The van der Waals surface area contributed by atoms with Crippen molar-refractivity contribution in [3.63, 3.8) is 0 Å². The number of hydrogen-bond acceptors (Lipinski definition) is 8. The molecule has 1 aromatic rings. The van der Waals surface area contributed by atoms with Crippen LogP contribution in [0.25, 0.3) is 0 Å². The molecular formula is C21H35N7O6S. The van der Waals surface area contributed by atoms with Gasteiger partial charge in [0.2, 0.25) is 23.6 Å². The van der Waals surface area contributed by atoms with Crippen molar-refractivity contribution in [3.8, 4) is 0 Å². The van der Waals surface area contributed by atoms with Gasteiger partial charge in [-0.15, -0.1) is 0 Å². The molecule has 0 bridgehead atoms. The van der Waals surface area contributed by atoms with Gasteiger partial charge in [0, 0.05) is 24.7 Å². The minimum atomic E-state index is -1.38. The van der Waals surface area contributed by atoms with Gasteiger partial charge in [-0.05, 0) is 30.8 Å². The van der Waals surface area contributed by atoms with Gasteiger partial charge >= 0.3 is 5.97 Å². The van der Waals surface area contributed by atoms with Crippen molar-refractivity contribution in [2.24, 2.45) is 17.4 Å². The number of amides is 4. The number of carboxylic acids is 1. The quantitative estimate of drug-likeness (QED) is 0.136. The molecule has 0 radical (unpaired) electrons. The molecule has 14 heteroatoms. The van der Waals surface area contributed by atoms with E-state index < -0.39 is 53.8 Å². The first-order valence-corrected chi connectivity index (χ1v) is 12.5. The van der Waals surface area contributed by atoms with Gasteiger partial charge in [-0.3, -0.25) is 19.2 Å². The van der Waals surface area contributed by atoms with Crippen LogP contribution < -0.4 is 27.4 Å². The van der Waals surface area contributed by atoms with Crippen molar-refractivity contribution < 1.29 is 29.1 Å². The number of carboxylic acid groups (broad SMARTS) is 1. The summed E-state index contributed by atoms with van der Waals surface area (Å²) in [6, 6.07) is -4.34. The van der Waals surface area contributed by atoms with Crippen LogP contribution in [0.4, 0.5) is 0 Å². The Bertz CT molecular complexity index is 864. The molecule has 0 saturated carbocycles. The number of nitrogens with one attached hydrogen (secondary N) is 4.